The molecule has 3 rings (SSSR count). The largest absolute Gasteiger partial charge is 0.494 e. The first-order valence-corrected chi connectivity index (χ1v) is 9.36. The van der Waals surface area contributed by atoms with E-state index in [-0.39, 0.29) is 16.7 Å². The van der Waals surface area contributed by atoms with E-state index in [2.05, 4.69) is 14.9 Å². The lowest BCUT2D eigenvalue weighted by molar-refractivity contribution is 0.237. The maximum Gasteiger partial charge on any atom is 0.246 e. The first-order valence-electron chi connectivity index (χ1n) is 7.47. The van der Waals surface area contributed by atoms with E-state index in [1.165, 1.54) is 7.11 Å². The lowest BCUT2D eigenvalue weighted by Crippen LogP contribution is -2.31. The summed E-state index contributed by atoms with van der Waals surface area (Å²) in [4.78, 5) is 10.2. The number of rotatable bonds is 4. The Kier molecular flexibility index (Phi) is 4.51. The molecule has 0 aliphatic carbocycles. The van der Waals surface area contributed by atoms with E-state index in [0.717, 1.165) is 17.5 Å². The second-order valence-corrected chi connectivity index (χ2v) is 7.70. The highest BCUT2D eigenvalue weighted by atomic mass is 32.2. The molecule has 2 heterocycles. The molecule has 128 valence electrons. The Hall–Kier alpha value is -2.06. The molecule has 1 aliphatic heterocycles. The van der Waals surface area contributed by atoms with Crippen LogP contribution >= 0.6 is 0 Å². The van der Waals surface area contributed by atoms with Crippen LogP contribution in [0.1, 0.15) is 16.8 Å². The third kappa shape index (κ3) is 3.39. The van der Waals surface area contributed by atoms with Crippen molar-refractivity contribution in [2.24, 2.45) is 0 Å². The van der Waals surface area contributed by atoms with Crippen LogP contribution in [0.5, 0.6) is 5.75 Å². The number of hydrogen-bond acceptors (Lipinski definition) is 6. The van der Waals surface area contributed by atoms with Gasteiger partial charge >= 0.3 is 0 Å². The molecular weight excluding hydrogens is 333 g/mol. The molecule has 1 aromatic carbocycles. The van der Waals surface area contributed by atoms with Crippen molar-refractivity contribution in [3.05, 3.63) is 47.0 Å². The molecule has 0 saturated heterocycles. The Morgan fingerprint density at radius 2 is 2.17 bits per heavy atom. The third-order valence-corrected chi connectivity index (χ3v) is 4.84. The van der Waals surface area contributed by atoms with E-state index in [1.807, 2.05) is 0 Å². The van der Waals surface area contributed by atoms with Crippen LogP contribution in [-0.4, -0.2) is 43.2 Å². The summed E-state index contributed by atoms with van der Waals surface area (Å²) in [5.74, 6) is -0.125. The molecule has 0 spiro atoms. The Labute approximate surface area is 140 Å². The highest BCUT2D eigenvalue weighted by Gasteiger charge is 2.22. The van der Waals surface area contributed by atoms with Crippen molar-refractivity contribution < 1.29 is 17.5 Å². The van der Waals surface area contributed by atoms with Gasteiger partial charge in [-0.1, -0.05) is 12.1 Å². The molecule has 0 saturated carbocycles. The summed E-state index contributed by atoms with van der Waals surface area (Å²) in [7, 11) is -1.97. The maximum atomic E-state index is 14.3. The predicted molar refractivity (Wildman–Crippen MR) is 85.9 cm³/mol. The fraction of sp³-hybridized carbons (Fsp3) is 0.375. The van der Waals surface area contributed by atoms with E-state index in [0.29, 0.717) is 31.6 Å². The van der Waals surface area contributed by atoms with E-state index in [4.69, 9.17) is 4.74 Å². The van der Waals surface area contributed by atoms with Crippen LogP contribution in [-0.2, 0) is 29.3 Å². The fourth-order valence-electron chi connectivity index (χ4n) is 2.75. The maximum absolute atomic E-state index is 14.3. The fourth-order valence-corrected chi connectivity index (χ4v) is 3.27. The van der Waals surface area contributed by atoms with Gasteiger partial charge in [-0.3, -0.25) is 4.90 Å². The quantitative estimate of drug-likeness (QED) is 0.779. The number of nitrogens with zero attached hydrogens (tertiary/aromatic N) is 3. The first kappa shape index (κ1) is 16.8. The number of benzene rings is 1. The molecule has 8 heteroatoms. The minimum absolute atomic E-state index is 0.145. The van der Waals surface area contributed by atoms with E-state index < -0.39 is 9.84 Å². The van der Waals surface area contributed by atoms with E-state index in [1.54, 1.807) is 24.4 Å². The number of aromatic nitrogens is 2. The molecule has 24 heavy (non-hydrogen) atoms. The number of methoxy groups -OCH3 is 1. The van der Waals surface area contributed by atoms with Gasteiger partial charge in [0.2, 0.25) is 15.0 Å². The zero-order valence-corrected chi connectivity index (χ0v) is 14.3. The highest BCUT2D eigenvalue weighted by Crippen LogP contribution is 2.24. The molecule has 1 aromatic heterocycles. The third-order valence-electron chi connectivity index (χ3n) is 3.98. The number of fused-ring (bicyclic) bond motifs is 1. The average Bonchev–Trinajstić information content (AvgIpc) is 2.55. The Bertz CT molecular complexity index is 871. The van der Waals surface area contributed by atoms with Crippen LogP contribution in [0.3, 0.4) is 0 Å². The van der Waals surface area contributed by atoms with Gasteiger partial charge in [0.05, 0.1) is 12.8 Å². The monoisotopic (exact) mass is 351 g/mol. The summed E-state index contributed by atoms with van der Waals surface area (Å²) in [5.41, 5.74) is 2.18. The zero-order chi connectivity index (χ0) is 17.3. The van der Waals surface area contributed by atoms with Crippen molar-refractivity contribution in [2.45, 2.75) is 24.7 Å². The second-order valence-electron chi connectivity index (χ2n) is 5.79. The average molecular weight is 351 g/mol. The number of halogens is 1. The van der Waals surface area contributed by atoms with E-state index >= 15 is 0 Å². The molecule has 0 unspecified atom stereocenters. The van der Waals surface area contributed by atoms with Crippen molar-refractivity contribution >= 4 is 9.84 Å². The summed E-state index contributed by atoms with van der Waals surface area (Å²) in [6.45, 7) is 1.66. The smallest absolute Gasteiger partial charge is 0.246 e. The predicted octanol–water partition coefficient (Wildman–Crippen LogP) is 1.59. The van der Waals surface area contributed by atoms with Crippen LogP contribution < -0.4 is 4.74 Å². The summed E-state index contributed by atoms with van der Waals surface area (Å²) >= 11 is 0. The molecule has 0 atom stereocenters. The first-order chi connectivity index (χ1) is 11.4. The normalized spacial score (nSPS) is 15.1. The summed E-state index contributed by atoms with van der Waals surface area (Å²) in [5, 5.41) is -0.145. The van der Waals surface area contributed by atoms with Gasteiger partial charge in [0, 0.05) is 49.6 Å². The summed E-state index contributed by atoms with van der Waals surface area (Å²) in [6.07, 6.45) is 3.24. The lowest BCUT2D eigenvalue weighted by atomic mass is 10.1. The standard InChI is InChI=1S/C16H18FN3O3S/c1-23-14-5-3-4-11(15(14)17)9-20-7-6-13-12(10-20)8-18-16(19-13)24(2,21)22/h3-5,8H,6-7,9-10H2,1-2H3. The van der Waals surface area contributed by atoms with Gasteiger partial charge in [0.25, 0.3) is 0 Å². The SMILES string of the molecule is COc1cccc(CN2CCc3nc(S(C)(=O)=O)ncc3C2)c1F. The molecule has 1 aliphatic rings. The van der Waals surface area contributed by atoms with Crippen molar-refractivity contribution in [1.29, 1.82) is 0 Å². The van der Waals surface area contributed by atoms with Gasteiger partial charge in [0.1, 0.15) is 0 Å². The molecule has 0 fully saturated rings. The van der Waals surface area contributed by atoms with Crippen LogP contribution in [0.4, 0.5) is 4.39 Å². The molecule has 0 radical (unpaired) electrons. The van der Waals surface area contributed by atoms with Gasteiger partial charge in [0.15, 0.2) is 11.6 Å². The Morgan fingerprint density at radius 1 is 1.38 bits per heavy atom. The molecule has 2 aromatic rings. The number of ether oxygens (including phenoxy) is 1. The van der Waals surface area contributed by atoms with Gasteiger partial charge in [-0.2, -0.15) is 0 Å². The number of sulfone groups is 1. The van der Waals surface area contributed by atoms with Gasteiger partial charge < -0.3 is 4.74 Å². The summed E-state index contributed by atoms with van der Waals surface area (Å²) in [6, 6.07) is 5.08. The van der Waals surface area contributed by atoms with Crippen molar-refractivity contribution in [2.75, 3.05) is 19.9 Å². The van der Waals surface area contributed by atoms with Crippen LogP contribution in [0, 0.1) is 5.82 Å². The Morgan fingerprint density at radius 3 is 2.88 bits per heavy atom. The molecule has 0 bridgehead atoms. The van der Waals surface area contributed by atoms with Crippen LogP contribution in [0.2, 0.25) is 0 Å². The van der Waals surface area contributed by atoms with Crippen molar-refractivity contribution in [1.82, 2.24) is 14.9 Å². The van der Waals surface area contributed by atoms with Gasteiger partial charge in [-0.15, -0.1) is 0 Å². The molecule has 0 amide bonds. The lowest BCUT2D eigenvalue weighted by Gasteiger charge is -2.28. The molecule has 6 nitrogen and oxygen atoms in total. The van der Waals surface area contributed by atoms with Crippen LogP contribution in [0.15, 0.2) is 29.6 Å². The minimum atomic E-state index is -3.41. The second kappa shape index (κ2) is 6.45. The van der Waals surface area contributed by atoms with Crippen molar-refractivity contribution in [3.63, 3.8) is 0 Å². The van der Waals surface area contributed by atoms with E-state index in [9.17, 15) is 12.8 Å². The van der Waals surface area contributed by atoms with Gasteiger partial charge in [-0.05, 0) is 6.07 Å². The van der Waals surface area contributed by atoms with Crippen molar-refractivity contribution in [3.8, 4) is 5.75 Å². The summed E-state index contributed by atoms with van der Waals surface area (Å²) < 4.78 is 42.3. The zero-order valence-electron chi connectivity index (χ0n) is 13.5. The minimum Gasteiger partial charge on any atom is -0.494 e. The number of hydrogen-bond donors (Lipinski definition) is 0. The topological polar surface area (TPSA) is 72.4 Å². The van der Waals surface area contributed by atoms with Crippen LogP contribution in [0.25, 0.3) is 0 Å². The highest BCUT2D eigenvalue weighted by molar-refractivity contribution is 7.90. The Balaban J connectivity index is 1.79. The molecule has 0 N–H and O–H groups in total. The molecular formula is C16H18FN3O3S. The van der Waals surface area contributed by atoms with Gasteiger partial charge in [-0.25, -0.2) is 22.8 Å².